The van der Waals surface area contributed by atoms with Crippen molar-refractivity contribution in [2.75, 3.05) is 6.61 Å². The van der Waals surface area contributed by atoms with Gasteiger partial charge in [0, 0.05) is 10.4 Å². The Labute approximate surface area is 177 Å². The summed E-state index contributed by atoms with van der Waals surface area (Å²) in [4.78, 5) is 25.2. The molecule has 3 aromatic carbocycles. The highest BCUT2D eigenvalue weighted by atomic mass is 16.5. The molecule has 0 atom stereocenters. The Kier molecular flexibility index (Phi) is 4.47. The van der Waals surface area contributed by atoms with Crippen LogP contribution in [-0.2, 0) is 9.59 Å². The average molecular weight is 414 g/mol. The van der Waals surface area contributed by atoms with Gasteiger partial charge in [0.2, 0.25) is 0 Å². The molecule has 2 aliphatic rings. The monoisotopic (exact) mass is 414 g/mol. The zero-order valence-corrected chi connectivity index (χ0v) is 16.7. The fourth-order valence-electron chi connectivity index (χ4n) is 3.75. The number of benzene rings is 3. The third-order valence-electron chi connectivity index (χ3n) is 5.21. The van der Waals surface area contributed by atoms with Gasteiger partial charge < -0.3 is 19.3 Å². The van der Waals surface area contributed by atoms with Crippen molar-refractivity contribution in [1.29, 1.82) is 0 Å². The van der Waals surface area contributed by atoms with E-state index in [1.165, 1.54) is 12.1 Å². The number of carbonyl (C=O) groups excluding carboxylic acids is 2. The van der Waals surface area contributed by atoms with E-state index in [1.807, 2.05) is 31.2 Å². The lowest BCUT2D eigenvalue weighted by molar-refractivity contribution is -0.128. The smallest absolute Gasteiger partial charge is 0.344 e. The predicted molar refractivity (Wildman–Crippen MR) is 112 cm³/mol. The fourth-order valence-corrected chi connectivity index (χ4v) is 3.75. The highest BCUT2D eigenvalue weighted by Crippen LogP contribution is 2.28. The summed E-state index contributed by atoms with van der Waals surface area (Å²) in [5, 5.41) is 10.6. The molecule has 0 saturated carbocycles. The zero-order valence-electron chi connectivity index (χ0n) is 16.7. The Morgan fingerprint density at radius 1 is 0.774 bits per heavy atom. The van der Waals surface area contributed by atoms with Gasteiger partial charge in [-0.25, -0.2) is 9.59 Å². The van der Waals surface area contributed by atoms with E-state index in [-0.39, 0.29) is 5.75 Å². The molecule has 0 amide bonds. The van der Waals surface area contributed by atoms with Crippen molar-refractivity contribution in [3.63, 3.8) is 0 Å². The number of ether oxygens (including phenoxy) is 3. The molecule has 3 aromatic rings. The molecule has 0 bridgehead atoms. The standard InChI is InChI=1S/C25H18O6/c1-2-11-29-17-9-5-15(6-10-17)23-19-13-20-18(12-21(19)31-25(23)28)22(24(27)30-20)14-3-7-16(26)8-4-14/h3-10,12-13,26H,2,11H2,1H3. The van der Waals surface area contributed by atoms with Crippen LogP contribution >= 0.6 is 0 Å². The highest BCUT2D eigenvalue weighted by molar-refractivity contribution is 6.21. The van der Waals surface area contributed by atoms with Gasteiger partial charge in [-0.1, -0.05) is 31.2 Å². The van der Waals surface area contributed by atoms with Gasteiger partial charge in [-0.05, 0) is 53.9 Å². The molecule has 0 aromatic heterocycles. The number of hydrogen-bond donors (Lipinski definition) is 1. The van der Waals surface area contributed by atoms with E-state index in [2.05, 4.69) is 0 Å². The minimum atomic E-state index is -0.491. The van der Waals surface area contributed by atoms with E-state index in [1.54, 1.807) is 24.3 Å². The molecule has 0 saturated heterocycles. The predicted octanol–water partition coefficient (Wildman–Crippen LogP) is 2.42. The van der Waals surface area contributed by atoms with Crippen molar-refractivity contribution < 1.29 is 28.9 Å². The van der Waals surface area contributed by atoms with Crippen molar-refractivity contribution in [1.82, 2.24) is 0 Å². The number of carbonyl (C=O) groups is 2. The van der Waals surface area contributed by atoms with Gasteiger partial charge in [0.05, 0.1) is 17.8 Å². The van der Waals surface area contributed by atoms with Crippen LogP contribution in [0.25, 0.3) is 11.1 Å². The van der Waals surface area contributed by atoms with Gasteiger partial charge >= 0.3 is 11.9 Å². The first-order valence-corrected chi connectivity index (χ1v) is 9.95. The van der Waals surface area contributed by atoms with E-state index < -0.39 is 11.9 Å². The highest BCUT2D eigenvalue weighted by Gasteiger charge is 2.30. The van der Waals surface area contributed by atoms with E-state index >= 15 is 0 Å². The fraction of sp³-hybridized carbons (Fsp3) is 0.120. The summed E-state index contributed by atoms with van der Waals surface area (Å²) in [5.74, 6) is 0.622. The van der Waals surface area contributed by atoms with Gasteiger partial charge in [0.25, 0.3) is 0 Å². The van der Waals surface area contributed by atoms with Gasteiger partial charge in [0.15, 0.2) is 0 Å². The Morgan fingerprint density at radius 2 is 1.26 bits per heavy atom. The van der Waals surface area contributed by atoms with E-state index in [4.69, 9.17) is 14.2 Å². The van der Waals surface area contributed by atoms with Crippen LogP contribution in [0.3, 0.4) is 0 Å². The van der Waals surface area contributed by atoms with Crippen molar-refractivity contribution in [3.8, 4) is 23.0 Å². The van der Waals surface area contributed by atoms with Crippen LogP contribution < -0.4 is 24.6 Å². The number of hydrogen-bond acceptors (Lipinski definition) is 6. The summed E-state index contributed by atoms with van der Waals surface area (Å²) < 4.78 is 16.6. The summed E-state index contributed by atoms with van der Waals surface area (Å²) in [6, 6.07) is 16.8. The third kappa shape index (κ3) is 3.22. The average Bonchev–Trinajstić information content (AvgIpc) is 3.26. The molecule has 6 heteroatoms. The molecule has 6 nitrogen and oxygen atoms in total. The minimum Gasteiger partial charge on any atom is -0.508 e. The molecule has 0 radical (unpaired) electrons. The molecule has 5 rings (SSSR count). The molecule has 2 aliphatic heterocycles. The van der Waals surface area contributed by atoms with E-state index in [0.29, 0.717) is 50.8 Å². The van der Waals surface area contributed by atoms with Gasteiger partial charge in [-0.2, -0.15) is 0 Å². The first-order valence-electron chi connectivity index (χ1n) is 9.95. The molecule has 2 heterocycles. The van der Waals surface area contributed by atoms with Crippen molar-refractivity contribution in [2.45, 2.75) is 13.3 Å². The maximum absolute atomic E-state index is 12.6. The summed E-state index contributed by atoms with van der Waals surface area (Å²) in [6.45, 7) is 2.66. The molecule has 0 spiro atoms. The van der Waals surface area contributed by atoms with E-state index in [0.717, 1.165) is 12.2 Å². The maximum Gasteiger partial charge on any atom is 0.344 e. The number of phenolic OH excluding ortho intramolecular Hbond substituents is 1. The second-order valence-electron chi connectivity index (χ2n) is 7.29. The molecule has 0 aliphatic carbocycles. The molecular formula is C25H18O6. The van der Waals surface area contributed by atoms with Gasteiger partial charge in [0.1, 0.15) is 23.0 Å². The van der Waals surface area contributed by atoms with Crippen LogP contribution in [0, 0.1) is 0 Å². The molecule has 31 heavy (non-hydrogen) atoms. The normalized spacial score (nSPS) is 14.2. The van der Waals surface area contributed by atoms with Gasteiger partial charge in [-0.15, -0.1) is 0 Å². The first kappa shape index (κ1) is 18.9. The lowest BCUT2D eigenvalue weighted by Gasteiger charge is -2.05. The Balaban J connectivity index is 1.64. The number of esters is 2. The quantitative estimate of drug-likeness (QED) is 0.510. The maximum atomic E-state index is 12.6. The van der Waals surface area contributed by atoms with Crippen LogP contribution in [0.15, 0.2) is 60.7 Å². The summed E-state index contributed by atoms with van der Waals surface area (Å²) in [5.41, 5.74) is 2.08. The molecule has 0 fully saturated rings. The van der Waals surface area contributed by atoms with Crippen LogP contribution in [0.4, 0.5) is 0 Å². The van der Waals surface area contributed by atoms with Crippen molar-refractivity contribution in [2.24, 2.45) is 0 Å². The summed E-state index contributed by atoms with van der Waals surface area (Å²) in [6.07, 6.45) is 0.909. The third-order valence-corrected chi connectivity index (χ3v) is 5.21. The molecule has 0 unspecified atom stereocenters. The Morgan fingerprint density at radius 3 is 1.74 bits per heavy atom. The van der Waals surface area contributed by atoms with Crippen molar-refractivity contribution >= 4 is 23.1 Å². The number of aromatic hydroxyl groups is 1. The topological polar surface area (TPSA) is 82.1 Å². The Bertz CT molecular complexity index is 1330. The summed E-state index contributed by atoms with van der Waals surface area (Å²) >= 11 is 0. The van der Waals surface area contributed by atoms with Crippen LogP contribution in [0.1, 0.15) is 24.5 Å². The van der Waals surface area contributed by atoms with Crippen LogP contribution in [0.5, 0.6) is 23.0 Å². The second-order valence-corrected chi connectivity index (χ2v) is 7.29. The van der Waals surface area contributed by atoms with Crippen LogP contribution in [-0.4, -0.2) is 23.7 Å². The van der Waals surface area contributed by atoms with Crippen molar-refractivity contribution in [3.05, 3.63) is 82.2 Å². The number of rotatable bonds is 5. The van der Waals surface area contributed by atoms with Gasteiger partial charge in [-0.3, -0.25) is 0 Å². The molecule has 1 N–H and O–H groups in total. The van der Waals surface area contributed by atoms with E-state index in [9.17, 15) is 14.7 Å². The zero-order chi connectivity index (χ0) is 21.5. The summed E-state index contributed by atoms with van der Waals surface area (Å²) in [7, 11) is 0. The molecule has 154 valence electrons. The van der Waals surface area contributed by atoms with Crippen LogP contribution in [0.2, 0.25) is 0 Å². The number of phenols is 1. The Hall–Kier alpha value is -4.06. The lowest BCUT2D eigenvalue weighted by Crippen LogP contribution is -2.11. The first-order chi connectivity index (χ1) is 15.0. The second kappa shape index (κ2) is 7.32. The molecular weight excluding hydrogens is 396 g/mol. The SMILES string of the molecule is CCCOc1ccc(C2=c3cc4c(cc3OC2=O)=C(c2ccc(O)cc2)C(=O)O4)cc1. The largest absolute Gasteiger partial charge is 0.508 e. The minimum absolute atomic E-state index is 0.101. The number of fused-ring (bicyclic) bond motifs is 2. The lowest BCUT2D eigenvalue weighted by atomic mass is 10.0.